The third kappa shape index (κ3) is 64.0. The second kappa shape index (κ2) is 65.8. The Morgan fingerprint density at radius 3 is 0.772 bits per heavy atom. The van der Waals surface area contributed by atoms with Gasteiger partial charge in [0.25, 0.3) is 0 Å². The van der Waals surface area contributed by atoms with E-state index in [0.717, 1.165) is 161 Å². The fraction of sp³-hybridized carbons (Fsp3) is 0.630. The molecule has 6 nitrogen and oxygen atoms in total. The first-order valence-corrected chi connectivity index (χ1v) is 32.3. The third-order valence-corrected chi connectivity index (χ3v) is 13.3. The Hall–Kier alpha value is -4.71. The maximum atomic E-state index is 12.9. The molecule has 1 atom stereocenters. The zero-order valence-corrected chi connectivity index (χ0v) is 51.1. The van der Waals surface area contributed by atoms with E-state index in [1.54, 1.807) is 0 Å². The van der Waals surface area contributed by atoms with Gasteiger partial charge in [0.15, 0.2) is 6.10 Å². The Morgan fingerprint density at radius 1 is 0.266 bits per heavy atom. The number of carbonyl (C=O) groups is 3. The monoisotopic (exact) mass is 1090 g/mol. The summed E-state index contributed by atoms with van der Waals surface area (Å²) in [5, 5.41) is 0. The number of rotatable bonds is 57. The largest absolute Gasteiger partial charge is 0.462 e. The summed E-state index contributed by atoms with van der Waals surface area (Å²) in [4.78, 5) is 38.3. The molecule has 0 aliphatic rings. The SMILES string of the molecule is CC/C=C\C/C=C\C/C=C\C/C=C\C/C=C\C/C=C\C/C=C\C/C=C\CCCCCCC(=O)OCC(COC(=O)CCCCCCCCCCCCCCC)OC(=O)CCCCCCCC/C=C\C/C=C\C/C=C\C/C=C\CC. The van der Waals surface area contributed by atoms with Crippen LogP contribution in [0.1, 0.15) is 278 Å². The number of carbonyl (C=O) groups excluding carboxylic acids is 3. The molecule has 79 heavy (non-hydrogen) atoms. The van der Waals surface area contributed by atoms with Crippen molar-refractivity contribution >= 4 is 17.9 Å². The summed E-state index contributed by atoms with van der Waals surface area (Å²) in [5.41, 5.74) is 0. The number of unbranched alkanes of at least 4 members (excludes halogenated alkanes) is 22. The van der Waals surface area contributed by atoms with E-state index in [9.17, 15) is 14.4 Å². The Balaban J connectivity index is 4.42. The highest BCUT2D eigenvalue weighted by atomic mass is 16.6. The van der Waals surface area contributed by atoms with Gasteiger partial charge in [0.1, 0.15) is 13.2 Å². The molecule has 0 rings (SSSR count). The predicted molar refractivity (Wildman–Crippen MR) is 343 cm³/mol. The van der Waals surface area contributed by atoms with Crippen molar-refractivity contribution in [2.75, 3.05) is 13.2 Å². The second-order valence-corrected chi connectivity index (χ2v) is 20.9. The molecule has 0 heterocycles. The molecule has 0 amide bonds. The summed E-state index contributed by atoms with van der Waals surface area (Å²) in [7, 11) is 0. The molecule has 0 aromatic carbocycles. The molecule has 0 saturated carbocycles. The minimum atomic E-state index is -0.802. The van der Waals surface area contributed by atoms with Crippen LogP contribution < -0.4 is 0 Å². The number of hydrogen-bond donors (Lipinski definition) is 0. The van der Waals surface area contributed by atoms with Gasteiger partial charge in [-0.2, -0.15) is 0 Å². The van der Waals surface area contributed by atoms with Crippen LogP contribution in [0.5, 0.6) is 0 Å². The van der Waals surface area contributed by atoms with Gasteiger partial charge in [0, 0.05) is 19.3 Å². The average molecular weight is 1090 g/mol. The van der Waals surface area contributed by atoms with Gasteiger partial charge in [-0.25, -0.2) is 0 Å². The lowest BCUT2D eigenvalue weighted by atomic mass is 10.0. The lowest BCUT2D eigenvalue weighted by Crippen LogP contribution is -2.30. The zero-order chi connectivity index (χ0) is 57.1. The summed E-state index contributed by atoms with van der Waals surface area (Å²) in [6, 6.07) is 0. The molecule has 6 heteroatoms. The van der Waals surface area contributed by atoms with Crippen LogP contribution in [0.2, 0.25) is 0 Å². The van der Waals surface area contributed by atoms with Crippen molar-refractivity contribution in [3.63, 3.8) is 0 Å². The van der Waals surface area contributed by atoms with Crippen molar-refractivity contribution in [2.24, 2.45) is 0 Å². The Bertz CT molecular complexity index is 1730. The van der Waals surface area contributed by atoms with Crippen LogP contribution >= 0.6 is 0 Å². The molecule has 0 fully saturated rings. The van der Waals surface area contributed by atoms with Crippen molar-refractivity contribution in [1.29, 1.82) is 0 Å². The van der Waals surface area contributed by atoms with Crippen molar-refractivity contribution in [2.45, 2.75) is 284 Å². The van der Waals surface area contributed by atoms with Crippen molar-refractivity contribution in [3.8, 4) is 0 Å². The first-order valence-electron chi connectivity index (χ1n) is 32.3. The van der Waals surface area contributed by atoms with Crippen molar-refractivity contribution in [3.05, 3.63) is 146 Å². The standard InChI is InChI=1S/C73H118O6/c1-4-7-10-13-16-19-22-25-27-29-31-32-33-34-35-36-37-38-39-40-42-43-45-48-51-54-57-60-63-66-72(75)78-69-70(68-77-71(74)65-62-59-56-53-50-47-24-21-18-15-12-9-6-3)79-73(76)67-64-61-58-55-52-49-46-44-41-30-28-26-23-20-17-14-11-8-5-2/h7-8,10-11,16-17,19-20,25-28,31-32,34-35,37-38,40-42,44-45,48,70H,4-6,9,12-15,18,21-24,29-30,33,36,39,43,46-47,49-69H2,1-3H3/b10-7-,11-8-,19-16-,20-17-,27-25-,28-26-,32-31-,35-34-,38-37-,42-40-,44-41-,48-45-. The highest BCUT2D eigenvalue weighted by Gasteiger charge is 2.19. The number of esters is 3. The van der Waals surface area contributed by atoms with Crippen LogP contribution in [0.25, 0.3) is 0 Å². The van der Waals surface area contributed by atoms with Gasteiger partial charge in [-0.1, -0.05) is 282 Å². The van der Waals surface area contributed by atoms with E-state index in [1.165, 1.54) is 77.0 Å². The summed E-state index contributed by atoms with van der Waals surface area (Å²) >= 11 is 0. The van der Waals surface area contributed by atoms with E-state index in [4.69, 9.17) is 14.2 Å². The molecule has 0 aromatic heterocycles. The first-order chi connectivity index (χ1) is 39.0. The Kier molecular flexibility index (Phi) is 61.9. The van der Waals surface area contributed by atoms with Gasteiger partial charge in [0.2, 0.25) is 0 Å². The van der Waals surface area contributed by atoms with Crippen LogP contribution in [0.15, 0.2) is 146 Å². The smallest absolute Gasteiger partial charge is 0.306 e. The summed E-state index contributed by atoms with van der Waals surface area (Å²) in [6.45, 7) is 6.39. The van der Waals surface area contributed by atoms with Crippen LogP contribution in [-0.2, 0) is 28.6 Å². The lowest BCUT2D eigenvalue weighted by Gasteiger charge is -2.18. The molecule has 0 radical (unpaired) electrons. The van der Waals surface area contributed by atoms with Gasteiger partial charge in [-0.15, -0.1) is 0 Å². The van der Waals surface area contributed by atoms with E-state index >= 15 is 0 Å². The second-order valence-electron chi connectivity index (χ2n) is 20.9. The maximum absolute atomic E-state index is 12.9. The van der Waals surface area contributed by atoms with Gasteiger partial charge >= 0.3 is 17.9 Å². The molecule has 0 aliphatic carbocycles. The van der Waals surface area contributed by atoms with Crippen LogP contribution in [0.3, 0.4) is 0 Å². The van der Waals surface area contributed by atoms with E-state index in [1.807, 2.05) is 0 Å². The Morgan fingerprint density at radius 2 is 0.494 bits per heavy atom. The molecule has 0 aromatic rings. The topological polar surface area (TPSA) is 78.9 Å². The molecule has 446 valence electrons. The lowest BCUT2D eigenvalue weighted by molar-refractivity contribution is -0.167. The third-order valence-electron chi connectivity index (χ3n) is 13.3. The highest BCUT2D eigenvalue weighted by Crippen LogP contribution is 2.15. The minimum absolute atomic E-state index is 0.0949. The van der Waals surface area contributed by atoms with Crippen molar-refractivity contribution < 1.29 is 28.6 Å². The van der Waals surface area contributed by atoms with E-state index < -0.39 is 6.10 Å². The van der Waals surface area contributed by atoms with Gasteiger partial charge in [-0.05, 0) is 122 Å². The average Bonchev–Trinajstić information content (AvgIpc) is 3.45. The van der Waals surface area contributed by atoms with Gasteiger partial charge in [-0.3, -0.25) is 14.4 Å². The normalized spacial score (nSPS) is 13.1. The Labute approximate surface area is 487 Å². The number of hydrogen-bond acceptors (Lipinski definition) is 6. The van der Waals surface area contributed by atoms with Crippen LogP contribution in [0, 0.1) is 0 Å². The summed E-state index contributed by atoms with van der Waals surface area (Å²) in [6.07, 6.45) is 94.2. The van der Waals surface area contributed by atoms with E-state index in [-0.39, 0.29) is 31.1 Å². The number of allylic oxidation sites excluding steroid dienone is 24. The molecule has 0 spiro atoms. The molecular weight excluding hydrogens is 973 g/mol. The molecule has 0 N–H and O–H groups in total. The maximum Gasteiger partial charge on any atom is 0.306 e. The van der Waals surface area contributed by atoms with Crippen molar-refractivity contribution in [1.82, 2.24) is 0 Å². The number of ether oxygens (including phenoxy) is 3. The molecule has 0 bridgehead atoms. The van der Waals surface area contributed by atoms with Gasteiger partial charge < -0.3 is 14.2 Å². The summed E-state index contributed by atoms with van der Waals surface area (Å²) in [5.74, 6) is -0.934. The van der Waals surface area contributed by atoms with E-state index in [0.29, 0.717) is 19.3 Å². The fourth-order valence-electron chi connectivity index (χ4n) is 8.57. The van der Waals surface area contributed by atoms with E-state index in [2.05, 4.69) is 167 Å². The predicted octanol–water partition coefficient (Wildman–Crippen LogP) is 22.3. The molecular formula is C73H118O6. The minimum Gasteiger partial charge on any atom is -0.462 e. The van der Waals surface area contributed by atoms with Crippen LogP contribution in [0.4, 0.5) is 0 Å². The van der Waals surface area contributed by atoms with Crippen LogP contribution in [-0.4, -0.2) is 37.2 Å². The highest BCUT2D eigenvalue weighted by molar-refractivity contribution is 5.71. The molecule has 0 saturated heterocycles. The van der Waals surface area contributed by atoms with Gasteiger partial charge in [0.05, 0.1) is 0 Å². The quantitative estimate of drug-likeness (QED) is 0.0261. The molecule has 1 unspecified atom stereocenters. The fourth-order valence-corrected chi connectivity index (χ4v) is 8.57. The summed E-state index contributed by atoms with van der Waals surface area (Å²) < 4.78 is 16.9. The first kappa shape index (κ1) is 74.3. The molecule has 0 aliphatic heterocycles. The zero-order valence-electron chi connectivity index (χ0n) is 51.1.